The predicted octanol–water partition coefficient (Wildman–Crippen LogP) is 7.62. The van der Waals surface area contributed by atoms with Crippen molar-refractivity contribution in [1.29, 1.82) is 0 Å². The molecule has 0 aromatic heterocycles. The molecule has 178 valence electrons. The highest BCUT2D eigenvalue weighted by atomic mass is 19.2. The van der Waals surface area contributed by atoms with Crippen molar-refractivity contribution in [3.63, 3.8) is 0 Å². The Morgan fingerprint density at radius 3 is 2.00 bits per heavy atom. The topological polar surface area (TPSA) is 18.5 Å². The second-order valence-corrected chi connectivity index (χ2v) is 8.04. The molecule has 0 amide bonds. The number of hydrogen-bond donors (Lipinski definition) is 0. The van der Waals surface area contributed by atoms with Crippen molar-refractivity contribution in [2.75, 3.05) is 13.2 Å². The van der Waals surface area contributed by atoms with E-state index in [9.17, 15) is 22.0 Å². The average Bonchev–Trinajstić information content (AvgIpc) is 2.84. The summed E-state index contributed by atoms with van der Waals surface area (Å²) >= 11 is 0. The van der Waals surface area contributed by atoms with Crippen molar-refractivity contribution in [3.05, 3.63) is 89.3 Å². The third-order valence-corrected chi connectivity index (χ3v) is 5.99. The van der Waals surface area contributed by atoms with Crippen LogP contribution in [0, 0.1) is 29.1 Å². The van der Waals surface area contributed by atoms with E-state index in [4.69, 9.17) is 9.47 Å². The van der Waals surface area contributed by atoms with Crippen LogP contribution in [0.3, 0.4) is 0 Å². The lowest BCUT2D eigenvalue weighted by Gasteiger charge is -2.29. The molecule has 3 aromatic rings. The fourth-order valence-corrected chi connectivity index (χ4v) is 4.20. The van der Waals surface area contributed by atoms with Gasteiger partial charge in [0.05, 0.1) is 18.8 Å². The van der Waals surface area contributed by atoms with Gasteiger partial charge in [-0.2, -0.15) is 0 Å². The summed E-state index contributed by atoms with van der Waals surface area (Å²) in [5.41, 5.74) is -0.894. The first-order chi connectivity index (χ1) is 16.3. The van der Waals surface area contributed by atoms with E-state index in [1.807, 2.05) is 6.92 Å². The molecule has 0 radical (unpaired) electrons. The number of benzene rings is 3. The zero-order valence-electron chi connectivity index (χ0n) is 18.5. The Morgan fingerprint density at radius 1 is 0.853 bits per heavy atom. The second-order valence-electron chi connectivity index (χ2n) is 8.04. The molecule has 1 aliphatic heterocycles. The van der Waals surface area contributed by atoms with Gasteiger partial charge in [0.1, 0.15) is 5.82 Å². The Labute approximate surface area is 194 Å². The Morgan fingerprint density at radius 2 is 1.44 bits per heavy atom. The van der Waals surface area contributed by atoms with Gasteiger partial charge in [-0.15, -0.1) is 0 Å². The molecule has 3 aromatic carbocycles. The second kappa shape index (κ2) is 10.1. The molecule has 1 saturated heterocycles. The minimum absolute atomic E-state index is 0.0121. The first-order valence-electron chi connectivity index (χ1n) is 11.0. The van der Waals surface area contributed by atoms with Gasteiger partial charge in [-0.05, 0) is 31.4 Å². The molecule has 1 fully saturated rings. The minimum Gasteiger partial charge on any atom is -0.376 e. The molecule has 34 heavy (non-hydrogen) atoms. The largest absolute Gasteiger partial charge is 0.376 e. The first-order valence-corrected chi connectivity index (χ1v) is 11.0. The maximum absolute atomic E-state index is 15.0. The van der Waals surface area contributed by atoms with Gasteiger partial charge in [-0.1, -0.05) is 49.1 Å². The third kappa shape index (κ3) is 4.50. The van der Waals surface area contributed by atoms with Crippen LogP contribution in [0.15, 0.2) is 49.0 Å². The number of hydrogen-bond acceptors (Lipinski definition) is 2. The molecular weight excluding hydrogens is 451 g/mol. The van der Waals surface area contributed by atoms with Crippen molar-refractivity contribution in [3.8, 4) is 22.3 Å². The van der Waals surface area contributed by atoms with Crippen LogP contribution in [0.1, 0.15) is 37.0 Å². The number of halogens is 5. The summed E-state index contributed by atoms with van der Waals surface area (Å²) in [6, 6.07) is 8.72. The van der Waals surface area contributed by atoms with Crippen LogP contribution >= 0.6 is 0 Å². The van der Waals surface area contributed by atoms with Crippen LogP contribution in [0.25, 0.3) is 28.3 Å². The van der Waals surface area contributed by atoms with E-state index in [0.29, 0.717) is 25.0 Å². The van der Waals surface area contributed by atoms with Crippen LogP contribution in [0.2, 0.25) is 0 Å². The van der Waals surface area contributed by atoms with Gasteiger partial charge in [0.15, 0.2) is 23.3 Å². The van der Waals surface area contributed by atoms with Crippen LogP contribution in [-0.4, -0.2) is 19.3 Å². The molecular formula is C27H23F5O2. The van der Waals surface area contributed by atoms with Gasteiger partial charge in [0, 0.05) is 34.4 Å². The van der Waals surface area contributed by atoms with Gasteiger partial charge in [-0.25, -0.2) is 22.0 Å². The van der Waals surface area contributed by atoms with E-state index in [0.717, 1.165) is 18.2 Å². The lowest BCUT2D eigenvalue weighted by atomic mass is 9.94. The van der Waals surface area contributed by atoms with Crippen LogP contribution in [0.5, 0.6) is 0 Å². The summed E-state index contributed by atoms with van der Waals surface area (Å²) in [5.74, 6) is -5.99. The maximum Gasteiger partial charge on any atom is 0.167 e. The molecule has 7 heteroatoms. The summed E-state index contributed by atoms with van der Waals surface area (Å²) in [5, 5.41) is 0. The van der Waals surface area contributed by atoms with E-state index < -0.39 is 46.3 Å². The highest BCUT2D eigenvalue weighted by Gasteiger charge is 2.28. The average molecular weight is 474 g/mol. The minimum atomic E-state index is -1.40. The molecule has 0 saturated carbocycles. The molecule has 2 atom stereocenters. The standard InChI is InChI=1S/C27H23F5O2/c1-3-15-5-7-17(22(28)13-15)18-8-9-19(25(30)24(18)29)20-10-11-21(27(32)26(20)31)23-12-6-16(14-34-23)33-4-2/h3,5,7-11,13,16,23H,1,4,6,12,14H2,2H3. The van der Waals surface area contributed by atoms with Crippen molar-refractivity contribution >= 4 is 6.08 Å². The highest BCUT2D eigenvalue weighted by Crippen LogP contribution is 2.37. The van der Waals surface area contributed by atoms with Crippen molar-refractivity contribution in [1.82, 2.24) is 0 Å². The molecule has 0 spiro atoms. The van der Waals surface area contributed by atoms with E-state index in [1.54, 1.807) is 0 Å². The van der Waals surface area contributed by atoms with Gasteiger partial charge in [0.2, 0.25) is 0 Å². The zero-order valence-corrected chi connectivity index (χ0v) is 18.5. The lowest BCUT2D eigenvalue weighted by molar-refractivity contribution is -0.0850. The molecule has 4 rings (SSSR count). The van der Waals surface area contributed by atoms with Crippen LogP contribution in [0.4, 0.5) is 22.0 Å². The van der Waals surface area contributed by atoms with Crippen molar-refractivity contribution < 1.29 is 31.4 Å². The normalized spacial score (nSPS) is 18.2. The number of rotatable bonds is 6. The Hall–Kier alpha value is -3.03. The summed E-state index contributed by atoms with van der Waals surface area (Å²) in [7, 11) is 0. The van der Waals surface area contributed by atoms with E-state index in [2.05, 4.69) is 6.58 Å². The van der Waals surface area contributed by atoms with Gasteiger partial charge < -0.3 is 9.47 Å². The van der Waals surface area contributed by atoms with Crippen LogP contribution in [-0.2, 0) is 9.47 Å². The summed E-state index contributed by atoms with van der Waals surface area (Å²) in [6.45, 7) is 6.19. The fourth-order valence-electron chi connectivity index (χ4n) is 4.20. The Bertz CT molecular complexity index is 1220. The predicted molar refractivity (Wildman–Crippen MR) is 121 cm³/mol. The molecule has 0 bridgehead atoms. The molecule has 2 nitrogen and oxygen atoms in total. The zero-order chi connectivity index (χ0) is 24.4. The molecule has 0 aliphatic carbocycles. The van der Waals surface area contributed by atoms with E-state index in [-0.39, 0.29) is 29.4 Å². The smallest absolute Gasteiger partial charge is 0.167 e. The lowest BCUT2D eigenvalue weighted by Crippen LogP contribution is -2.28. The van der Waals surface area contributed by atoms with Gasteiger partial charge in [0.25, 0.3) is 0 Å². The van der Waals surface area contributed by atoms with Crippen molar-refractivity contribution in [2.24, 2.45) is 0 Å². The van der Waals surface area contributed by atoms with Crippen molar-refractivity contribution in [2.45, 2.75) is 32.0 Å². The third-order valence-electron chi connectivity index (χ3n) is 5.99. The summed E-state index contributed by atoms with van der Waals surface area (Å²) in [4.78, 5) is 0. The van der Waals surface area contributed by atoms with Crippen LogP contribution < -0.4 is 0 Å². The Balaban J connectivity index is 1.66. The summed E-state index contributed by atoms with van der Waals surface area (Å²) in [6.07, 6.45) is 1.73. The molecule has 2 unspecified atom stereocenters. The monoisotopic (exact) mass is 474 g/mol. The highest BCUT2D eigenvalue weighted by molar-refractivity contribution is 5.73. The number of ether oxygens (including phenoxy) is 2. The molecule has 0 N–H and O–H groups in total. The molecule has 1 heterocycles. The quantitative estimate of drug-likeness (QED) is 0.342. The maximum atomic E-state index is 15.0. The van der Waals surface area contributed by atoms with E-state index >= 15 is 0 Å². The van der Waals surface area contributed by atoms with E-state index in [1.165, 1.54) is 30.3 Å². The Kier molecular flexibility index (Phi) is 7.14. The first kappa shape index (κ1) is 24.1. The molecule has 1 aliphatic rings. The van der Waals surface area contributed by atoms with Gasteiger partial charge >= 0.3 is 0 Å². The summed E-state index contributed by atoms with van der Waals surface area (Å²) < 4.78 is 85.2. The SMILES string of the molecule is C=Cc1ccc(-c2ccc(-c3ccc(C4CCC(OCC)CO4)c(F)c3F)c(F)c2F)c(F)c1. The van der Waals surface area contributed by atoms with Gasteiger partial charge in [-0.3, -0.25) is 0 Å². The fraction of sp³-hybridized carbons (Fsp3) is 0.259.